The number of phenolic OH excluding ortho intramolecular Hbond substituents is 1. The Hall–Kier alpha value is -3.11. The predicted octanol–water partition coefficient (Wildman–Crippen LogP) is 5.90. The van der Waals surface area contributed by atoms with Gasteiger partial charge in [-0.3, -0.25) is 9.88 Å². The number of benzene rings is 1. The molecule has 1 aromatic carbocycles. The lowest BCUT2D eigenvalue weighted by Gasteiger charge is -2.31. The maximum atomic E-state index is 16.7. The summed E-state index contributed by atoms with van der Waals surface area (Å²) in [7, 11) is 0. The molecule has 5 aliphatic rings. The number of fused-ring (bicyclic) bond motifs is 7. The van der Waals surface area contributed by atoms with E-state index in [0.29, 0.717) is 42.9 Å². The molecule has 3 saturated heterocycles. The van der Waals surface area contributed by atoms with Gasteiger partial charge in [0.15, 0.2) is 5.82 Å². The van der Waals surface area contributed by atoms with Crippen LogP contribution in [0.15, 0.2) is 18.3 Å². The third-order valence-electron chi connectivity index (χ3n) is 9.94. The highest BCUT2D eigenvalue weighted by atomic mass is 19.1. The first kappa shape index (κ1) is 28.6. The molecule has 0 radical (unpaired) electrons. The van der Waals surface area contributed by atoms with Crippen LogP contribution in [0.2, 0.25) is 0 Å². The zero-order valence-corrected chi connectivity index (χ0v) is 25.0. The number of aromatic hydroxyl groups is 1. The van der Waals surface area contributed by atoms with Crippen LogP contribution in [0.4, 0.5) is 14.6 Å². The van der Waals surface area contributed by atoms with Crippen LogP contribution in [0.1, 0.15) is 68.9 Å². The molecule has 6 bridgehead atoms. The van der Waals surface area contributed by atoms with Crippen molar-refractivity contribution in [3.05, 3.63) is 35.3 Å². The molecule has 8 rings (SSSR count). The first-order valence-electron chi connectivity index (χ1n) is 16.0. The second-order valence-electron chi connectivity index (χ2n) is 12.9. The fraction of sp³-hybridized carbons (Fsp3) is 0.606. The number of phenols is 1. The van der Waals surface area contributed by atoms with Gasteiger partial charge in [-0.1, -0.05) is 6.42 Å². The Kier molecular flexibility index (Phi) is 7.84. The van der Waals surface area contributed by atoms with E-state index in [2.05, 4.69) is 19.8 Å². The van der Waals surface area contributed by atoms with E-state index in [1.807, 2.05) is 6.92 Å². The third kappa shape index (κ3) is 5.52. The molecule has 43 heavy (non-hydrogen) atoms. The minimum absolute atomic E-state index is 0.0544. The van der Waals surface area contributed by atoms with Crippen molar-refractivity contribution in [1.82, 2.24) is 19.9 Å². The van der Waals surface area contributed by atoms with Gasteiger partial charge in [-0.15, -0.1) is 0 Å². The number of halogens is 2. The number of nitrogens with zero attached hydrogens (tertiary/aromatic N) is 5. The van der Waals surface area contributed by atoms with E-state index in [1.54, 1.807) is 18.3 Å². The first-order valence-corrected chi connectivity index (χ1v) is 16.0. The van der Waals surface area contributed by atoms with Crippen molar-refractivity contribution in [3.63, 3.8) is 0 Å². The third-order valence-corrected chi connectivity index (χ3v) is 9.94. The van der Waals surface area contributed by atoms with Crippen molar-refractivity contribution in [2.75, 3.05) is 44.3 Å². The maximum absolute atomic E-state index is 16.7. The van der Waals surface area contributed by atoms with Crippen LogP contribution in [0, 0.1) is 12.7 Å². The highest BCUT2D eigenvalue weighted by Crippen LogP contribution is 2.41. The highest BCUT2D eigenvalue weighted by molar-refractivity contribution is 5.92. The number of aromatic nitrogens is 3. The zero-order valence-electron chi connectivity index (χ0n) is 25.0. The quantitative estimate of drug-likeness (QED) is 0.402. The second-order valence-corrected chi connectivity index (χ2v) is 12.9. The van der Waals surface area contributed by atoms with Gasteiger partial charge >= 0.3 is 6.01 Å². The van der Waals surface area contributed by atoms with Crippen LogP contribution in [0.5, 0.6) is 11.8 Å². The number of pyridine rings is 1. The minimum atomic E-state index is -0.871. The van der Waals surface area contributed by atoms with Gasteiger partial charge in [-0.05, 0) is 88.1 Å². The molecule has 7 heterocycles. The number of alkyl halides is 1. The summed E-state index contributed by atoms with van der Waals surface area (Å²) in [4.78, 5) is 18.5. The van der Waals surface area contributed by atoms with Crippen molar-refractivity contribution >= 4 is 16.7 Å². The molecule has 3 fully saturated rings. The molecule has 0 saturated carbocycles. The van der Waals surface area contributed by atoms with Crippen LogP contribution < -0.4 is 9.64 Å². The molecule has 3 atom stereocenters. The van der Waals surface area contributed by atoms with Gasteiger partial charge in [0.05, 0.1) is 17.0 Å². The summed E-state index contributed by atoms with van der Waals surface area (Å²) in [5, 5.41) is 11.0. The molecule has 0 amide bonds. The molecular formula is C33H41F2N5O3. The Bertz CT molecular complexity index is 1510. The van der Waals surface area contributed by atoms with E-state index in [4.69, 9.17) is 14.5 Å². The number of anilines is 1. The van der Waals surface area contributed by atoms with Gasteiger partial charge in [0.25, 0.3) is 0 Å². The lowest BCUT2D eigenvalue weighted by atomic mass is 9.93. The number of hydrogen-bond donors (Lipinski definition) is 1. The molecule has 3 aromatic rings. The summed E-state index contributed by atoms with van der Waals surface area (Å²) in [6, 6.07) is 3.42. The summed E-state index contributed by atoms with van der Waals surface area (Å²) < 4.78 is 43.8. The topological polar surface area (TPSA) is 83.8 Å². The highest BCUT2D eigenvalue weighted by Gasteiger charge is 2.49. The maximum Gasteiger partial charge on any atom is 0.319 e. The fourth-order valence-corrected chi connectivity index (χ4v) is 7.77. The van der Waals surface area contributed by atoms with Crippen LogP contribution in [0.25, 0.3) is 22.2 Å². The van der Waals surface area contributed by atoms with Gasteiger partial charge in [-0.2, -0.15) is 9.97 Å². The first-order chi connectivity index (χ1) is 20.9. The largest absolute Gasteiger partial charge is 0.508 e. The summed E-state index contributed by atoms with van der Waals surface area (Å²) in [5.74, 6) is 0.104. The monoisotopic (exact) mass is 593 g/mol. The molecule has 2 aromatic heterocycles. The molecule has 0 spiro atoms. The van der Waals surface area contributed by atoms with Gasteiger partial charge < -0.3 is 19.5 Å². The molecule has 1 unspecified atom stereocenters. The van der Waals surface area contributed by atoms with E-state index in [9.17, 15) is 9.50 Å². The predicted molar refractivity (Wildman–Crippen MR) is 161 cm³/mol. The van der Waals surface area contributed by atoms with Crippen molar-refractivity contribution < 1.29 is 23.4 Å². The average molecular weight is 594 g/mol. The molecule has 5 aliphatic heterocycles. The second kappa shape index (κ2) is 11.8. The SMILES string of the molecule is Cc1cc(O)cc2c1CCCCCO[C@H]1CCCCN(C1)c1nc(OCC34CCCN3C[C@H](F)C4)nc3c(F)c-2ncc13. The van der Waals surface area contributed by atoms with E-state index in [0.717, 1.165) is 82.0 Å². The Morgan fingerprint density at radius 1 is 1.09 bits per heavy atom. The molecule has 230 valence electrons. The van der Waals surface area contributed by atoms with Gasteiger partial charge in [0.2, 0.25) is 0 Å². The summed E-state index contributed by atoms with van der Waals surface area (Å²) in [5.41, 5.74) is 2.39. The van der Waals surface area contributed by atoms with Crippen LogP contribution >= 0.6 is 0 Å². The number of hydrogen-bond acceptors (Lipinski definition) is 8. The van der Waals surface area contributed by atoms with Gasteiger partial charge in [-0.25, -0.2) is 8.78 Å². The fourth-order valence-electron chi connectivity index (χ4n) is 7.77. The zero-order chi connectivity index (χ0) is 29.6. The van der Waals surface area contributed by atoms with Gasteiger partial charge in [0, 0.05) is 44.4 Å². The standard InChI is InChI=1S/C33H41F2N5O3/c1-21-14-23(41)15-26-25(21)9-3-2-6-13-42-24-8-4-5-11-39(19-24)31-27-17-36-29(26)28(35)30(27)37-32(38-31)43-20-33-10-7-12-40(33)18-22(34)16-33/h14-15,17,22,24,41H,2-13,16,18-20H2,1H3/t22-,24+,33?/m1/s1. The number of aryl methyl sites for hydroxylation is 1. The Balaban J connectivity index is 1.36. The minimum Gasteiger partial charge on any atom is -0.508 e. The van der Waals surface area contributed by atoms with E-state index < -0.39 is 12.0 Å². The summed E-state index contributed by atoms with van der Waals surface area (Å²) in [6.07, 6.45) is 9.75. The molecule has 8 nitrogen and oxygen atoms in total. The Morgan fingerprint density at radius 2 is 2.00 bits per heavy atom. The lowest BCUT2D eigenvalue weighted by Crippen LogP contribution is -2.43. The average Bonchev–Trinajstić information content (AvgIpc) is 3.39. The lowest BCUT2D eigenvalue weighted by molar-refractivity contribution is 0.0515. The van der Waals surface area contributed by atoms with Crippen LogP contribution in [0.3, 0.4) is 0 Å². The molecule has 1 N–H and O–H groups in total. The van der Waals surface area contributed by atoms with Crippen molar-refractivity contribution in [2.24, 2.45) is 0 Å². The normalized spacial score (nSPS) is 26.5. The van der Waals surface area contributed by atoms with Gasteiger partial charge in [0.1, 0.15) is 35.6 Å². The molecule has 10 heteroatoms. The number of rotatable bonds is 3. The van der Waals surface area contributed by atoms with E-state index >= 15 is 4.39 Å². The molecular weight excluding hydrogens is 552 g/mol. The van der Waals surface area contributed by atoms with Crippen LogP contribution in [-0.2, 0) is 11.2 Å². The van der Waals surface area contributed by atoms with E-state index in [1.165, 1.54) is 0 Å². The Morgan fingerprint density at radius 3 is 2.91 bits per heavy atom. The Labute approximate surface area is 251 Å². The van der Waals surface area contributed by atoms with Crippen molar-refractivity contribution in [2.45, 2.75) is 88.9 Å². The van der Waals surface area contributed by atoms with Crippen molar-refractivity contribution in [3.8, 4) is 23.0 Å². The summed E-state index contributed by atoms with van der Waals surface area (Å²) in [6.45, 7) is 5.60. The smallest absolute Gasteiger partial charge is 0.319 e. The van der Waals surface area contributed by atoms with Crippen molar-refractivity contribution in [1.29, 1.82) is 0 Å². The number of ether oxygens (including phenoxy) is 2. The molecule has 0 aliphatic carbocycles. The summed E-state index contributed by atoms with van der Waals surface area (Å²) >= 11 is 0. The van der Waals surface area contributed by atoms with E-state index in [-0.39, 0.29) is 41.2 Å². The van der Waals surface area contributed by atoms with Crippen LogP contribution in [-0.4, -0.2) is 82.2 Å².